The molecule has 87 heavy (non-hydrogen) atoms. The van der Waals surface area contributed by atoms with E-state index >= 15 is 0 Å². The van der Waals surface area contributed by atoms with E-state index in [1.807, 2.05) is 48.6 Å². The third-order valence-electron chi connectivity index (χ3n) is 17.7. The van der Waals surface area contributed by atoms with Gasteiger partial charge in [-0.3, -0.25) is 57.7 Å². The van der Waals surface area contributed by atoms with Gasteiger partial charge >= 0.3 is 11.9 Å². The van der Waals surface area contributed by atoms with Crippen LogP contribution in [0.4, 0.5) is 0 Å². The number of rotatable bonds is 43. The third kappa shape index (κ3) is 23.7. The Kier molecular flexibility index (Phi) is 32.4. The number of amides is 6. The summed E-state index contributed by atoms with van der Waals surface area (Å²) in [5, 5.41) is 24.9. The van der Waals surface area contributed by atoms with Crippen LogP contribution in [-0.4, -0.2) is 185 Å². The first kappa shape index (κ1) is 75.1. The number of likely N-dealkylation sites (tertiary alicyclic amines) is 1. The average Bonchev–Trinajstić information content (AvgIpc) is 3.98. The molecule has 21 nitrogen and oxygen atoms in total. The SMILES string of the molecule is CC[C@H](C)[C@@H]([C@@H](CC(=O)N1CCC[C@H]1[C@H](OC)[C@@H](C)C(=O)C[C@@H](Cc1ccccc1)C(=O)C[C@@H](CCC(=O)O)C(=O)N[C@@H](CCCCNC(=O)CCN1C(=O)C=CC1=O)C(=O)O)OC)N(C)C(=O)[C@@H](CC(=O)[C@H](C(C)C)N(C)CCCC(C)C)C(C)C. The normalized spacial score (nSPS) is 17.8. The van der Waals surface area contributed by atoms with Gasteiger partial charge in [0.05, 0.1) is 36.8 Å². The average molecular weight is 1220 g/mol. The van der Waals surface area contributed by atoms with Crippen LogP contribution >= 0.6 is 0 Å². The highest BCUT2D eigenvalue weighted by molar-refractivity contribution is 6.13. The highest BCUT2D eigenvalue weighted by Gasteiger charge is 2.44. The lowest BCUT2D eigenvalue weighted by Gasteiger charge is -2.41. The molecule has 1 saturated heterocycles. The molecule has 6 amide bonds. The smallest absolute Gasteiger partial charge is 0.326 e. The zero-order valence-corrected chi connectivity index (χ0v) is 54.3. The summed E-state index contributed by atoms with van der Waals surface area (Å²) in [6, 6.07) is 6.16. The number of benzene rings is 1. The number of carboxylic acid groups (broad SMARTS) is 2. The number of carbonyl (C=O) groups excluding carboxylic acids is 9. The lowest BCUT2D eigenvalue weighted by molar-refractivity contribution is -0.149. The number of nitrogens with one attached hydrogen (secondary N) is 2. The quantitative estimate of drug-likeness (QED) is 0.0380. The Morgan fingerprint density at radius 3 is 1.94 bits per heavy atom. The fourth-order valence-corrected chi connectivity index (χ4v) is 12.4. The van der Waals surface area contributed by atoms with Crippen LogP contribution in [0.15, 0.2) is 42.5 Å². The molecular formula is C66H104N6O15. The lowest BCUT2D eigenvalue weighted by atomic mass is 9.81. The van der Waals surface area contributed by atoms with E-state index in [0.29, 0.717) is 38.1 Å². The molecule has 0 radical (unpaired) electrons. The number of carboxylic acids is 2. The topological polar surface area (TPSA) is 284 Å². The van der Waals surface area contributed by atoms with Gasteiger partial charge in [0, 0.05) is 109 Å². The molecule has 0 aromatic heterocycles. The summed E-state index contributed by atoms with van der Waals surface area (Å²) in [7, 11) is 6.73. The number of nitrogens with zero attached hydrogens (tertiary/aromatic N) is 4. The molecule has 488 valence electrons. The monoisotopic (exact) mass is 1220 g/mol. The number of hydrogen-bond acceptors (Lipinski definition) is 14. The van der Waals surface area contributed by atoms with Crippen molar-refractivity contribution in [2.24, 2.45) is 47.3 Å². The number of ketones is 3. The van der Waals surface area contributed by atoms with Gasteiger partial charge in [0.1, 0.15) is 17.6 Å². The lowest BCUT2D eigenvalue weighted by Crippen LogP contribution is -2.54. The first-order valence-corrected chi connectivity index (χ1v) is 31.6. The minimum atomic E-state index is -1.41. The third-order valence-corrected chi connectivity index (χ3v) is 17.7. The number of unbranched alkanes of at least 4 members (excludes halogenated alkanes) is 1. The fraction of sp³-hybridized carbons (Fsp3) is 0.712. The van der Waals surface area contributed by atoms with E-state index < -0.39 is 108 Å². The van der Waals surface area contributed by atoms with Gasteiger partial charge in [-0.05, 0) is 101 Å². The van der Waals surface area contributed by atoms with Crippen molar-refractivity contribution in [3.63, 3.8) is 0 Å². The maximum absolute atomic E-state index is 14.8. The van der Waals surface area contributed by atoms with Gasteiger partial charge in [-0.1, -0.05) is 99.1 Å². The number of carbonyl (C=O) groups is 11. The van der Waals surface area contributed by atoms with Crippen LogP contribution in [-0.2, 0) is 68.6 Å². The summed E-state index contributed by atoms with van der Waals surface area (Å²) in [5.41, 5.74) is 0.731. The van der Waals surface area contributed by atoms with Crippen LogP contribution in [0.3, 0.4) is 0 Å². The van der Waals surface area contributed by atoms with Gasteiger partial charge in [0.2, 0.25) is 23.6 Å². The Balaban J connectivity index is 1.79. The van der Waals surface area contributed by atoms with Crippen LogP contribution in [0.5, 0.6) is 0 Å². The zero-order chi connectivity index (χ0) is 65.2. The molecule has 2 aliphatic heterocycles. The number of aliphatic carboxylic acids is 2. The highest BCUT2D eigenvalue weighted by Crippen LogP contribution is 2.33. The van der Waals surface area contributed by atoms with E-state index in [0.717, 1.165) is 42.0 Å². The molecule has 3 rings (SSSR count). The van der Waals surface area contributed by atoms with Crippen LogP contribution in [0.2, 0.25) is 0 Å². The van der Waals surface area contributed by atoms with Crippen molar-refractivity contribution in [1.82, 2.24) is 30.2 Å². The van der Waals surface area contributed by atoms with Crippen LogP contribution in [0.1, 0.15) is 164 Å². The van der Waals surface area contributed by atoms with E-state index in [4.69, 9.17) is 9.47 Å². The Morgan fingerprint density at radius 2 is 1.38 bits per heavy atom. The molecule has 21 heteroatoms. The first-order chi connectivity index (χ1) is 41.1. The van der Waals surface area contributed by atoms with E-state index in [1.54, 1.807) is 54.1 Å². The Bertz CT molecular complexity index is 2470. The van der Waals surface area contributed by atoms with Crippen LogP contribution in [0, 0.1) is 47.3 Å². The highest BCUT2D eigenvalue weighted by atomic mass is 16.5. The van der Waals surface area contributed by atoms with Crippen molar-refractivity contribution < 1.29 is 72.4 Å². The number of Topliss-reactive ketones (excluding diaryl/α,β-unsaturated/α-hetero) is 3. The van der Waals surface area contributed by atoms with E-state index in [2.05, 4.69) is 29.4 Å². The maximum atomic E-state index is 14.8. The predicted molar refractivity (Wildman–Crippen MR) is 330 cm³/mol. The molecule has 0 bridgehead atoms. The van der Waals surface area contributed by atoms with Crippen molar-refractivity contribution in [1.29, 1.82) is 0 Å². The molecule has 0 saturated carbocycles. The Labute approximate surface area is 516 Å². The van der Waals surface area contributed by atoms with Gasteiger partial charge < -0.3 is 40.1 Å². The largest absolute Gasteiger partial charge is 0.481 e. The standard InChI is InChI=1S/C66H104N6O15/c1-14-44(8)62(70(11)65(83)49(42(4)5)39-54(75)61(43(6)7)69(10)33-20-22-41(2)3)55(86-12)40-59(79)71-34-21-26-51(71)63(87-13)45(9)52(73)38-48(36-46-23-16-15-17-24-46)53(74)37-47(27-30-60(80)81)64(82)68-50(66(84)85)25-18-19-32-67-56(76)31-35-72-57(77)28-29-58(72)78/h15-17,23-24,28-29,41-45,47-51,55,61-63H,14,18-22,25-27,30-40H2,1-13H3,(H,67,76)(H,68,82)(H,80,81)(H,84,85)/t44-,45-,47+,48+,49-,50-,51-,55+,61-,62-,63+/m0/s1. The van der Waals surface area contributed by atoms with Gasteiger partial charge in [0.25, 0.3) is 11.8 Å². The molecule has 0 unspecified atom stereocenters. The van der Waals surface area contributed by atoms with Crippen molar-refractivity contribution in [2.45, 2.75) is 201 Å². The summed E-state index contributed by atoms with van der Waals surface area (Å²) in [4.78, 5) is 153. The van der Waals surface area contributed by atoms with Gasteiger partial charge in [-0.15, -0.1) is 0 Å². The second-order valence-corrected chi connectivity index (χ2v) is 25.3. The molecule has 11 atom stereocenters. The van der Waals surface area contributed by atoms with E-state index in [-0.39, 0.29) is 112 Å². The summed E-state index contributed by atoms with van der Waals surface area (Å²) >= 11 is 0. The number of hydrogen-bond donors (Lipinski definition) is 4. The number of likely N-dealkylation sites (N-methyl/N-ethyl adjacent to an activating group) is 2. The van der Waals surface area contributed by atoms with E-state index in [1.165, 1.54) is 14.2 Å². The summed E-state index contributed by atoms with van der Waals surface area (Å²) in [6.07, 6.45) is 3.49. The molecule has 1 aromatic carbocycles. The second-order valence-electron chi connectivity index (χ2n) is 25.3. The van der Waals surface area contributed by atoms with Crippen molar-refractivity contribution in [2.75, 3.05) is 54.5 Å². The minimum absolute atomic E-state index is 0.0303. The molecule has 4 N–H and O–H groups in total. The number of imide groups is 1. The Hall–Kier alpha value is -6.19. The van der Waals surface area contributed by atoms with Crippen LogP contribution in [0.25, 0.3) is 0 Å². The summed E-state index contributed by atoms with van der Waals surface area (Å²) < 4.78 is 12.2. The fourth-order valence-electron chi connectivity index (χ4n) is 12.4. The summed E-state index contributed by atoms with van der Waals surface area (Å²) in [5.74, 6) is -9.42. The molecule has 1 fully saturated rings. The van der Waals surface area contributed by atoms with Gasteiger partial charge in [0.15, 0.2) is 5.78 Å². The molecule has 2 aliphatic rings. The number of ether oxygens (including phenoxy) is 2. The number of methoxy groups -OCH3 is 2. The van der Waals surface area contributed by atoms with Crippen molar-refractivity contribution >= 4 is 64.7 Å². The van der Waals surface area contributed by atoms with Crippen molar-refractivity contribution in [3.8, 4) is 0 Å². The van der Waals surface area contributed by atoms with Gasteiger partial charge in [-0.25, -0.2) is 4.79 Å². The van der Waals surface area contributed by atoms with Crippen molar-refractivity contribution in [3.05, 3.63) is 48.0 Å². The van der Waals surface area contributed by atoms with Gasteiger partial charge in [-0.2, -0.15) is 0 Å². The molecule has 2 heterocycles. The summed E-state index contributed by atoms with van der Waals surface area (Å²) in [6.45, 7) is 19.3. The zero-order valence-electron chi connectivity index (χ0n) is 54.3. The first-order valence-electron chi connectivity index (χ1n) is 31.6. The molecule has 0 spiro atoms. The van der Waals surface area contributed by atoms with Crippen LogP contribution < -0.4 is 10.6 Å². The maximum Gasteiger partial charge on any atom is 0.326 e. The Morgan fingerprint density at radius 1 is 0.736 bits per heavy atom. The predicted octanol–water partition coefficient (Wildman–Crippen LogP) is 6.96. The second kappa shape index (κ2) is 37.6. The molecule has 1 aromatic rings. The minimum Gasteiger partial charge on any atom is -0.481 e. The van der Waals surface area contributed by atoms with E-state index in [9.17, 15) is 63.0 Å². The molecule has 0 aliphatic carbocycles. The molecular weight excluding hydrogens is 1120 g/mol.